The number of aliphatic imine (C=N–C) groups is 1. The molecule has 1 atom stereocenters. The highest BCUT2D eigenvalue weighted by atomic mass is 32.2. The highest BCUT2D eigenvalue weighted by Gasteiger charge is 2.20. The zero-order valence-corrected chi connectivity index (χ0v) is 17.5. The van der Waals surface area contributed by atoms with E-state index in [0.717, 1.165) is 5.69 Å². The van der Waals surface area contributed by atoms with E-state index in [0.29, 0.717) is 28.7 Å². The molecule has 3 rings (SSSR count). The quantitative estimate of drug-likeness (QED) is 0.643. The third kappa shape index (κ3) is 5.93. The van der Waals surface area contributed by atoms with E-state index in [1.165, 1.54) is 36.0 Å². The second-order valence-corrected chi connectivity index (χ2v) is 7.86. The predicted molar refractivity (Wildman–Crippen MR) is 119 cm³/mol. The van der Waals surface area contributed by atoms with Crippen molar-refractivity contribution in [3.05, 3.63) is 66.1 Å². The average Bonchev–Trinajstić information content (AvgIpc) is 2.88. The molecule has 0 aliphatic carbocycles. The molecule has 2 N–H and O–H groups in total. The standard InChI is InChI=1S/C22H22FN3O3S/c1-3-29-21(27)13-17-12-20(26-19-7-5-4-6-18(19)24-17)30-14(2)22(28)25-16-10-8-15(23)9-11-16/h4-12,14,24H,3,13H2,1-2H3,(H,25,28)/t14-/m0/s1. The smallest absolute Gasteiger partial charge is 0.311 e. The Balaban J connectivity index is 1.76. The molecule has 30 heavy (non-hydrogen) atoms. The fourth-order valence-electron chi connectivity index (χ4n) is 2.72. The SMILES string of the molecule is CCOC(=O)CC1=CC(S[C@@H](C)C(=O)Nc2ccc(F)cc2)=Nc2ccccc2N1. The average molecular weight is 428 g/mol. The number of nitrogens with zero attached hydrogens (tertiary/aromatic N) is 1. The molecule has 156 valence electrons. The summed E-state index contributed by atoms with van der Waals surface area (Å²) in [4.78, 5) is 29.2. The van der Waals surface area contributed by atoms with Gasteiger partial charge in [0.05, 0.1) is 34.7 Å². The molecule has 0 saturated heterocycles. The number of thioether (sulfide) groups is 1. The number of rotatable bonds is 6. The van der Waals surface area contributed by atoms with Gasteiger partial charge in [0, 0.05) is 11.4 Å². The van der Waals surface area contributed by atoms with Gasteiger partial charge in [-0.15, -0.1) is 0 Å². The fourth-order valence-corrected chi connectivity index (χ4v) is 3.61. The van der Waals surface area contributed by atoms with Crippen LogP contribution in [0.3, 0.4) is 0 Å². The van der Waals surface area contributed by atoms with Crippen LogP contribution in [0.25, 0.3) is 0 Å². The van der Waals surface area contributed by atoms with Crippen LogP contribution in [0.5, 0.6) is 0 Å². The summed E-state index contributed by atoms with van der Waals surface area (Å²) in [6.45, 7) is 3.82. The minimum atomic E-state index is -0.473. The van der Waals surface area contributed by atoms with Crippen LogP contribution in [-0.4, -0.2) is 28.8 Å². The Morgan fingerprint density at radius 3 is 2.67 bits per heavy atom. The summed E-state index contributed by atoms with van der Waals surface area (Å²) < 4.78 is 18.1. The number of amides is 1. The van der Waals surface area contributed by atoms with E-state index in [1.54, 1.807) is 19.9 Å². The third-order valence-corrected chi connectivity index (χ3v) is 5.16. The number of carbonyl (C=O) groups excluding carboxylic acids is 2. The van der Waals surface area contributed by atoms with Gasteiger partial charge in [0.1, 0.15) is 5.82 Å². The number of para-hydroxylation sites is 2. The minimum Gasteiger partial charge on any atom is -0.466 e. The molecule has 1 heterocycles. The molecule has 6 nitrogen and oxygen atoms in total. The first kappa shape index (κ1) is 21.6. The van der Waals surface area contributed by atoms with Crippen LogP contribution in [-0.2, 0) is 14.3 Å². The van der Waals surface area contributed by atoms with Crippen molar-refractivity contribution in [3.8, 4) is 0 Å². The van der Waals surface area contributed by atoms with Crippen LogP contribution in [0.2, 0.25) is 0 Å². The van der Waals surface area contributed by atoms with E-state index in [9.17, 15) is 14.0 Å². The summed E-state index contributed by atoms with van der Waals surface area (Å²) in [5.74, 6) is -0.948. The summed E-state index contributed by atoms with van der Waals surface area (Å²) in [7, 11) is 0. The van der Waals surface area contributed by atoms with Crippen LogP contribution in [0.1, 0.15) is 20.3 Å². The number of benzene rings is 2. The molecule has 0 spiro atoms. The Bertz CT molecular complexity index is 989. The lowest BCUT2D eigenvalue weighted by atomic mass is 10.2. The third-order valence-electron chi connectivity index (χ3n) is 4.15. The molecule has 0 bridgehead atoms. The number of anilines is 2. The normalized spacial score (nSPS) is 13.7. The molecule has 0 radical (unpaired) electrons. The zero-order valence-electron chi connectivity index (χ0n) is 16.6. The molecule has 1 amide bonds. The van der Waals surface area contributed by atoms with Crippen molar-refractivity contribution in [1.82, 2.24) is 0 Å². The second kappa shape index (κ2) is 10.1. The van der Waals surface area contributed by atoms with Crippen molar-refractivity contribution in [3.63, 3.8) is 0 Å². The van der Waals surface area contributed by atoms with Crippen molar-refractivity contribution in [1.29, 1.82) is 0 Å². The van der Waals surface area contributed by atoms with Crippen molar-refractivity contribution < 1.29 is 18.7 Å². The van der Waals surface area contributed by atoms with Crippen molar-refractivity contribution >= 4 is 45.7 Å². The molecule has 1 aliphatic heterocycles. The summed E-state index contributed by atoms with van der Waals surface area (Å²) >= 11 is 1.27. The van der Waals surface area contributed by atoms with Gasteiger partial charge in [-0.05, 0) is 56.3 Å². The van der Waals surface area contributed by atoms with Gasteiger partial charge in [-0.3, -0.25) is 9.59 Å². The predicted octanol–water partition coefficient (Wildman–Crippen LogP) is 4.88. The topological polar surface area (TPSA) is 79.8 Å². The number of nitrogens with one attached hydrogen (secondary N) is 2. The molecule has 2 aromatic carbocycles. The van der Waals surface area contributed by atoms with Crippen LogP contribution in [0.4, 0.5) is 21.5 Å². The lowest BCUT2D eigenvalue weighted by Crippen LogP contribution is -2.23. The van der Waals surface area contributed by atoms with Crippen LogP contribution >= 0.6 is 11.8 Å². The molecule has 0 fully saturated rings. The van der Waals surface area contributed by atoms with Gasteiger partial charge in [0.2, 0.25) is 5.91 Å². The largest absolute Gasteiger partial charge is 0.466 e. The lowest BCUT2D eigenvalue weighted by Gasteiger charge is -2.12. The molecular formula is C22H22FN3O3S. The Kier molecular flexibility index (Phi) is 7.24. The Labute approximate surface area is 178 Å². The number of esters is 1. The van der Waals surface area contributed by atoms with Gasteiger partial charge < -0.3 is 15.4 Å². The number of hydrogen-bond donors (Lipinski definition) is 2. The molecule has 2 aromatic rings. The first-order chi connectivity index (χ1) is 14.4. The van der Waals surface area contributed by atoms with E-state index < -0.39 is 5.25 Å². The number of fused-ring (bicyclic) bond motifs is 1. The molecule has 0 aromatic heterocycles. The molecule has 8 heteroatoms. The van der Waals surface area contributed by atoms with E-state index >= 15 is 0 Å². The maximum absolute atomic E-state index is 13.0. The number of ether oxygens (including phenoxy) is 1. The maximum atomic E-state index is 13.0. The van der Waals surface area contributed by atoms with Crippen molar-refractivity contribution in [2.24, 2.45) is 4.99 Å². The first-order valence-electron chi connectivity index (χ1n) is 9.48. The number of hydrogen-bond acceptors (Lipinski definition) is 6. The Morgan fingerprint density at radius 2 is 1.93 bits per heavy atom. The summed E-state index contributed by atoms with van der Waals surface area (Å²) in [6.07, 6.45) is 1.82. The molecule has 0 saturated carbocycles. The molecule has 1 aliphatic rings. The van der Waals surface area contributed by atoms with Crippen LogP contribution < -0.4 is 10.6 Å². The van der Waals surface area contributed by atoms with E-state index in [2.05, 4.69) is 15.6 Å². The minimum absolute atomic E-state index is 0.0674. The molecule has 0 unspecified atom stereocenters. The van der Waals surface area contributed by atoms with Gasteiger partial charge in [-0.1, -0.05) is 23.9 Å². The highest BCUT2D eigenvalue weighted by molar-refractivity contribution is 8.15. The van der Waals surface area contributed by atoms with Crippen molar-refractivity contribution in [2.75, 3.05) is 17.2 Å². The second-order valence-electron chi connectivity index (χ2n) is 6.50. The summed E-state index contributed by atoms with van der Waals surface area (Å²) in [5.41, 5.74) is 2.63. The first-order valence-corrected chi connectivity index (χ1v) is 10.4. The lowest BCUT2D eigenvalue weighted by molar-refractivity contribution is -0.142. The Morgan fingerprint density at radius 1 is 1.20 bits per heavy atom. The van der Waals surface area contributed by atoms with E-state index in [-0.39, 0.29) is 24.1 Å². The Hall–Kier alpha value is -3.13. The van der Waals surface area contributed by atoms with Crippen molar-refractivity contribution in [2.45, 2.75) is 25.5 Å². The van der Waals surface area contributed by atoms with Gasteiger partial charge in [-0.25, -0.2) is 9.38 Å². The maximum Gasteiger partial charge on any atom is 0.311 e. The van der Waals surface area contributed by atoms with Crippen LogP contribution in [0, 0.1) is 5.82 Å². The summed E-state index contributed by atoms with van der Waals surface area (Å²) in [5, 5.41) is 6.10. The number of halogens is 1. The van der Waals surface area contributed by atoms with E-state index in [4.69, 9.17) is 4.74 Å². The fraction of sp³-hybridized carbons (Fsp3) is 0.227. The highest BCUT2D eigenvalue weighted by Crippen LogP contribution is 2.32. The van der Waals surface area contributed by atoms with Gasteiger partial charge in [0.15, 0.2) is 0 Å². The number of carbonyl (C=O) groups is 2. The molecular weight excluding hydrogens is 405 g/mol. The van der Waals surface area contributed by atoms with Gasteiger partial charge in [0.25, 0.3) is 0 Å². The van der Waals surface area contributed by atoms with Crippen LogP contribution in [0.15, 0.2) is 65.3 Å². The zero-order chi connectivity index (χ0) is 21.5. The van der Waals surface area contributed by atoms with Gasteiger partial charge >= 0.3 is 5.97 Å². The monoisotopic (exact) mass is 427 g/mol. The van der Waals surface area contributed by atoms with E-state index in [1.807, 2.05) is 24.3 Å². The summed E-state index contributed by atoms with van der Waals surface area (Å²) in [6, 6.07) is 13.1. The van der Waals surface area contributed by atoms with Gasteiger partial charge in [-0.2, -0.15) is 0 Å².